The molecule has 0 N–H and O–H groups in total. The second-order valence-electron chi connectivity index (χ2n) is 6.29. The summed E-state index contributed by atoms with van der Waals surface area (Å²) in [5.74, 6) is 0.338. The molecule has 134 valence electrons. The van der Waals surface area contributed by atoms with Crippen LogP contribution >= 0.6 is 0 Å². The van der Waals surface area contributed by atoms with Gasteiger partial charge in [0.1, 0.15) is 5.56 Å². The van der Waals surface area contributed by atoms with E-state index in [9.17, 15) is 4.79 Å². The predicted molar refractivity (Wildman–Crippen MR) is 96.0 cm³/mol. The van der Waals surface area contributed by atoms with Crippen LogP contribution in [0, 0.1) is 0 Å². The molecule has 1 fully saturated rings. The predicted octanol–water partition coefficient (Wildman–Crippen LogP) is 2.89. The van der Waals surface area contributed by atoms with Crippen molar-refractivity contribution in [3.63, 3.8) is 0 Å². The monoisotopic (exact) mass is 351 g/mol. The van der Waals surface area contributed by atoms with Crippen molar-refractivity contribution in [3.05, 3.63) is 54.1 Å². The number of likely N-dealkylation sites (tertiary alicyclic amines) is 1. The molecular weight excluding hydrogens is 330 g/mol. The van der Waals surface area contributed by atoms with E-state index < -0.39 is 0 Å². The highest BCUT2D eigenvalue weighted by atomic mass is 16.5. The minimum absolute atomic E-state index is 0.0502. The zero-order valence-corrected chi connectivity index (χ0v) is 14.7. The van der Waals surface area contributed by atoms with Crippen LogP contribution < -0.4 is 4.74 Å². The van der Waals surface area contributed by atoms with Gasteiger partial charge in [0.05, 0.1) is 24.5 Å². The average Bonchev–Trinajstić information content (AvgIpc) is 3.16. The minimum atomic E-state index is -0.0542. The summed E-state index contributed by atoms with van der Waals surface area (Å²) in [6.07, 6.45) is 8.22. The molecule has 1 atom stereocenters. The maximum Gasteiger partial charge on any atom is 0.259 e. The van der Waals surface area contributed by atoms with Crippen LogP contribution in [0.4, 0.5) is 0 Å². The number of hydrogen-bond donors (Lipinski definition) is 0. The first kappa shape index (κ1) is 16.5. The number of fused-ring (bicyclic) bond motifs is 1. The highest BCUT2D eigenvalue weighted by molar-refractivity contribution is 5.96. The van der Waals surface area contributed by atoms with E-state index in [1.807, 2.05) is 30.2 Å². The van der Waals surface area contributed by atoms with E-state index in [0.29, 0.717) is 24.6 Å². The standard InChI is InChI=1S/C19H21N5O2/c1-2-26-18-14(6-5-10-20-18)19(25)23-12-4-3-7-16(23)15-9-13-24-17(22-15)8-11-21-24/h5-6,8-11,13,16H,2-4,7,12H2,1H3/t16-/m0/s1. The summed E-state index contributed by atoms with van der Waals surface area (Å²) >= 11 is 0. The molecule has 0 aliphatic carbocycles. The third-order valence-corrected chi connectivity index (χ3v) is 4.67. The number of nitrogens with zero attached hydrogens (tertiary/aromatic N) is 5. The van der Waals surface area contributed by atoms with Crippen LogP contribution in [0.3, 0.4) is 0 Å². The van der Waals surface area contributed by atoms with Crippen molar-refractivity contribution in [1.82, 2.24) is 24.5 Å². The van der Waals surface area contributed by atoms with Gasteiger partial charge in [-0.25, -0.2) is 14.5 Å². The Morgan fingerprint density at radius 2 is 2.19 bits per heavy atom. The minimum Gasteiger partial charge on any atom is -0.477 e. The molecule has 1 aliphatic heterocycles. The molecule has 0 radical (unpaired) electrons. The normalized spacial score (nSPS) is 17.4. The SMILES string of the molecule is CCOc1ncccc1C(=O)N1CCCC[C@H]1c1ccn2nccc2n1. The van der Waals surface area contributed by atoms with Gasteiger partial charge in [0.2, 0.25) is 5.88 Å². The first-order valence-corrected chi connectivity index (χ1v) is 8.97. The van der Waals surface area contributed by atoms with Crippen LogP contribution in [0.1, 0.15) is 48.3 Å². The fourth-order valence-corrected chi connectivity index (χ4v) is 3.45. The van der Waals surface area contributed by atoms with Crippen LogP contribution in [-0.2, 0) is 0 Å². The number of pyridine rings is 1. The molecule has 26 heavy (non-hydrogen) atoms. The van der Waals surface area contributed by atoms with Crippen molar-refractivity contribution in [2.24, 2.45) is 0 Å². The topological polar surface area (TPSA) is 72.6 Å². The number of hydrogen-bond acceptors (Lipinski definition) is 5. The quantitative estimate of drug-likeness (QED) is 0.723. The number of carbonyl (C=O) groups excluding carboxylic acids is 1. The third-order valence-electron chi connectivity index (χ3n) is 4.67. The number of piperidine rings is 1. The van der Waals surface area contributed by atoms with Gasteiger partial charge in [0, 0.05) is 25.0 Å². The summed E-state index contributed by atoms with van der Waals surface area (Å²) < 4.78 is 7.28. The number of ether oxygens (including phenoxy) is 1. The first-order valence-electron chi connectivity index (χ1n) is 8.97. The second-order valence-corrected chi connectivity index (χ2v) is 6.29. The van der Waals surface area contributed by atoms with Crippen molar-refractivity contribution in [1.29, 1.82) is 0 Å². The molecule has 4 rings (SSSR count). The lowest BCUT2D eigenvalue weighted by atomic mass is 9.98. The molecule has 7 nitrogen and oxygen atoms in total. The first-order chi connectivity index (χ1) is 12.8. The van der Waals surface area contributed by atoms with Crippen molar-refractivity contribution < 1.29 is 9.53 Å². The van der Waals surface area contributed by atoms with E-state index in [0.717, 1.165) is 30.6 Å². The summed E-state index contributed by atoms with van der Waals surface area (Å²) in [6, 6.07) is 7.31. The summed E-state index contributed by atoms with van der Waals surface area (Å²) in [7, 11) is 0. The molecule has 7 heteroatoms. The fraction of sp³-hybridized carbons (Fsp3) is 0.368. The van der Waals surface area contributed by atoms with Crippen LogP contribution in [0.15, 0.2) is 42.9 Å². The number of carbonyl (C=O) groups is 1. The molecule has 1 aliphatic rings. The van der Waals surface area contributed by atoms with Gasteiger partial charge in [0.25, 0.3) is 5.91 Å². The molecule has 0 saturated carbocycles. The van der Waals surface area contributed by atoms with Crippen molar-refractivity contribution in [2.45, 2.75) is 32.2 Å². The molecule has 0 bridgehead atoms. The Kier molecular flexibility index (Phi) is 4.51. The van der Waals surface area contributed by atoms with E-state index in [4.69, 9.17) is 9.72 Å². The van der Waals surface area contributed by atoms with Crippen LogP contribution in [0.5, 0.6) is 5.88 Å². The molecule has 0 unspecified atom stereocenters. The molecule has 1 saturated heterocycles. The molecular formula is C19H21N5O2. The smallest absolute Gasteiger partial charge is 0.259 e. The Labute approximate surface area is 151 Å². The van der Waals surface area contributed by atoms with E-state index in [1.54, 1.807) is 29.0 Å². The number of rotatable bonds is 4. The van der Waals surface area contributed by atoms with Crippen molar-refractivity contribution in [2.75, 3.05) is 13.2 Å². The van der Waals surface area contributed by atoms with Crippen molar-refractivity contribution >= 4 is 11.6 Å². The van der Waals surface area contributed by atoms with Crippen LogP contribution in [0.25, 0.3) is 5.65 Å². The lowest BCUT2D eigenvalue weighted by Gasteiger charge is -2.35. The Morgan fingerprint density at radius 1 is 1.27 bits per heavy atom. The maximum absolute atomic E-state index is 13.3. The zero-order valence-electron chi connectivity index (χ0n) is 14.7. The number of amides is 1. The zero-order chi connectivity index (χ0) is 17.9. The molecule has 3 aromatic rings. The number of aromatic nitrogens is 4. The van der Waals surface area contributed by atoms with E-state index in [1.165, 1.54) is 0 Å². The van der Waals surface area contributed by atoms with Gasteiger partial charge in [0.15, 0.2) is 5.65 Å². The lowest BCUT2D eigenvalue weighted by molar-refractivity contribution is 0.0601. The fourth-order valence-electron chi connectivity index (χ4n) is 3.45. The Bertz CT molecular complexity index is 923. The summed E-state index contributed by atoms with van der Waals surface area (Å²) in [4.78, 5) is 24.1. The van der Waals surface area contributed by atoms with Gasteiger partial charge in [-0.3, -0.25) is 4.79 Å². The van der Waals surface area contributed by atoms with Gasteiger partial charge in [-0.05, 0) is 44.4 Å². The maximum atomic E-state index is 13.3. The summed E-state index contributed by atoms with van der Waals surface area (Å²) in [6.45, 7) is 3.06. The van der Waals surface area contributed by atoms with Gasteiger partial charge in [-0.15, -0.1) is 0 Å². The molecule has 3 aromatic heterocycles. The van der Waals surface area contributed by atoms with E-state index >= 15 is 0 Å². The second kappa shape index (κ2) is 7.11. The van der Waals surface area contributed by atoms with Crippen LogP contribution in [0.2, 0.25) is 0 Å². The van der Waals surface area contributed by atoms with E-state index in [2.05, 4.69) is 10.1 Å². The van der Waals surface area contributed by atoms with Crippen molar-refractivity contribution in [3.8, 4) is 5.88 Å². The van der Waals surface area contributed by atoms with Gasteiger partial charge in [-0.2, -0.15) is 5.10 Å². The lowest BCUT2D eigenvalue weighted by Crippen LogP contribution is -2.39. The average molecular weight is 351 g/mol. The molecule has 0 aromatic carbocycles. The molecule has 0 spiro atoms. The Balaban J connectivity index is 1.68. The van der Waals surface area contributed by atoms with Gasteiger partial charge < -0.3 is 9.64 Å². The summed E-state index contributed by atoms with van der Waals surface area (Å²) in [5, 5.41) is 4.19. The highest BCUT2D eigenvalue weighted by Gasteiger charge is 2.31. The molecule has 4 heterocycles. The van der Waals surface area contributed by atoms with Gasteiger partial charge in [-0.1, -0.05) is 0 Å². The Morgan fingerprint density at radius 3 is 3.08 bits per heavy atom. The van der Waals surface area contributed by atoms with Crippen LogP contribution in [-0.4, -0.2) is 43.5 Å². The molecule has 1 amide bonds. The summed E-state index contributed by atoms with van der Waals surface area (Å²) in [5.41, 5.74) is 2.19. The highest BCUT2D eigenvalue weighted by Crippen LogP contribution is 2.32. The largest absolute Gasteiger partial charge is 0.477 e. The van der Waals surface area contributed by atoms with E-state index in [-0.39, 0.29) is 11.9 Å². The van der Waals surface area contributed by atoms with Gasteiger partial charge >= 0.3 is 0 Å². The Hall–Kier alpha value is -2.96. The third kappa shape index (κ3) is 3.00.